The molecule has 3 heteroatoms. The molecule has 0 saturated carbocycles. The first-order valence-corrected chi connectivity index (χ1v) is 5.09. The molecule has 0 spiro atoms. The van der Waals surface area contributed by atoms with Gasteiger partial charge in [0.2, 0.25) is 0 Å². The first-order chi connectivity index (χ1) is 8.26. The quantitative estimate of drug-likeness (QED) is 0.788. The van der Waals surface area contributed by atoms with Gasteiger partial charge >= 0.3 is 0 Å². The number of ether oxygens (including phenoxy) is 1. The van der Waals surface area contributed by atoms with Crippen LogP contribution in [0.4, 0.5) is 4.39 Å². The highest BCUT2D eigenvalue weighted by Gasteiger charge is 2.10. The average molecular weight is 227 g/mol. The van der Waals surface area contributed by atoms with Crippen LogP contribution in [0.15, 0.2) is 42.5 Å². The van der Waals surface area contributed by atoms with Crippen LogP contribution in [0.2, 0.25) is 0 Å². The van der Waals surface area contributed by atoms with E-state index in [0.29, 0.717) is 22.4 Å². The lowest BCUT2D eigenvalue weighted by Crippen LogP contribution is -1.90. The molecular weight excluding hydrogens is 217 g/mol. The molecule has 2 aromatic rings. The molecule has 0 amide bonds. The van der Waals surface area contributed by atoms with Crippen molar-refractivity contribution in [1.82, 2.24) is 0 Å². The summed E-state index contributed by atoms with van der Waals surface area (Å²) in [7, 11) is 1.53. The van der Waals surface area contributed by atoms with E-state index in [1.807, 2.05) is 0 Å². The number of nitrogens with zero attached hydrogens (tertiary/aromatic N) is 1. The van der Waals surface area contributed by atoms with E-state index in [1.165, 1.54) is 13.2 Å². The summed E-state index contributed by atoms with van der Waals surface area (Å²) in [5.41, 5.74) is 1.38. The standard InChI is InChI=1S/C14H10FNO/c1-17-11-7-6-10(9-16)13(8-11)12-4-2-3-5-14(12)15/h2-8H,1H3. The molecule has 0 saturated heterocycles. The van der Waals surface area contributed by atoms with E-state index in [2.05, 4.69) is 6.07 Å². The smallest absolute Gasteiger partial charge is 0.131 e. The molecule has 0 radical (unpaired) electrons. The van der Waals surface area contributed by atoms with Crippen molar-refractivity contribution in [2.45, 2.75) is 0 Å². The summed E-state index contributed by atoms with van der Waals surface area (Å²) >= 11 is 0. The van der Waals surface area contributed by atoms with Gasteiger partial charge in [-0.2, -0.15) is 5.26 Å². The van der Waals surface area contributed by atoms with Gasteiger partial charge in [-0.15, -0.1) is 0 Å². The van der Waals surface area contributed by atoms with Gasteiger partial charge in [0.15, 0.2) is 0 Å². The zero-order chi connectivity index (χ0) is 12.3. The molecule has 0 bridgehead atoms. The van der Waals surface area contributed by atoms with Crippen LogP contribution < -0.4 is 4.74 Å². The van der Waals surface area contributed by atoms with Crippen molar-refractivity contribution < 1.29 is 9.13 Å². The average Bonchev–Trinajstić information content (AvgIpc) is 2.38. The van der Waals surface area contributed by atoms with Crippen LogP contribution in [0.25, 0.3) is 11.1 Å². The maximum Gasteiger partial charge on any atom is 0.131 e. The molecule has 0 N–H and O–H groups in total. The molecule has 84 valence electrons. The molecule has 0 atom stereocenters. The third-order valence-corrected chi connectivity index (χ3v) is 2.51. The van der Waals surface area contributed by atoms with Crippen molar-refractivity contribution in [2.75, 3.05) is 7.11 Å². The van der Waals surface area contributed by atoms with Crippen molar-refractivity contribution in [3.8, 4) is 22.9 Å². The molecule has 0 aliphatic carbocycles. The Morgan fingerprint density at radius 2 is 1.88 bits per heavy atom. The van der Waals surface area contributed by atoms with E-state index in [4.69, 9.17) is 10.00 Å². The van der Waals surface area contributed by atoms with Crippen LogP contribution in [0.1, 0.15) is 5.56 Å². The summed E-state index contributed by atoms with van der Waals surface area (Å²) in [6.45, 7) is 0. The number of hydrogen-bond acceptors (Lipinski definition) is 2. The van der Waals surface area contributed by atoms with Crippen molar-refractivity contribution in [1.29, 1.82) is 5.26 Å². The summed E-state index contributed by atoms with van der Waals surface area (Å²) in [5, 5.41) is 9.02. The Kier molecular flexibility index (Phi) is 3.06. The second-order valence-electron chi connectivity index (χ2n) is 3.50. The number of rotatable bonds is 2. The lowest BCUT2D eigenvalue weighted by Gasteiger charge is -2.07. The van der Waals surface area contributed by atoms with Gasteiger partial charge < -0.3 is 4.74 Å². The van der Waals surface area contributed by atoms with Crippen molar-refractivity contribution >= 4 is 0 Å². The van der Waals surface area contributed by atoms with Crippen molar-refractivity contribution in [3.05, 3.63) is 53.8 Å². The highest BCUT2D eigenvalue weighted by atomic mass is 19.1. The van der Waals surface area contributed by atoms with Crippen LogP contribution in [-0.2, 0) is 0 Å². The Morgan fingerprint density at radius 3 is 2.53 bits per heavy atom. The third-order valence-electron chi connectivity index (χ3n) is 2.51. The summed E-state index contributed by atoms with van der Waals surface area (Å²) in [5.74, 6) is 0.250. The minimum atomic E-state index is -0.350. The lowest BCUT2D eigenvalue weighted by molar-refractivity contribution is 0.415. The van der Waals surface area contributed by atoms with Crippen LogP contribution in [-0.4, -0.2) is 7.11 Å². The summed E-state index contributed by atoms with van der Waals surface area (Å²) in [4.78, 5) is 0. The zero-order valence-corrected chi connectivity index (χ0v) is 9.27. The molecule has 0 fully saturated rings. The first kappa shape index (κ1) is 11.2. The Bertz CT molecular complexity index is 587. The summed E-state index contributed by atoms with van der Waals surface area (Å²) < 4.78 is 18.8. The fourth-order valence-electron chi connectivity index (χ4n) is 1.65. The number of nitriles is 1. The lowest BCUT2D eigenvalue weighted by atomic mass is 9.99. The molecule has 0 aliphatic heterocycles. The van der Waals surface area contributed by atoms with E-state index < -0.39 is 0 Å². The van der Waals surface area contributed by atoms with E-state index in [9.17, 15) is 4.39 Å². The molecule has 0 unspecified atom stereocenters. The molecule has 2 rings (SSSR count). The van der Waals surface area contributed by atoms with Crippen molar-refractivity contribution in [3.63, 3.8) is 0 Å². The monoisotopic (exact) mass is 227 g/mol. The van der Waals surface area contributed by atoms with E-state index in [1.54, 1.807) is 36.4 Å². The van der Waals surface area contributed by atoms with Crippen LogP contribution in [0.3, 0.4) is 0 Å². The molecule has 2 aromatic carbocycles. The Hall–Kier alpha value is -2.34. The SMILES string of the molecule is COc1ccc(C#N)c(-c2ccccc2F)c1. The summed E-state index contributed by atoms with van der Waals surface area (Å²) in [6, 6.07) is 13.4. The minimum Gasteiger partial charge on any atom is -0.497 e. The van der Waals surface area contributed by atoms with Gasteiger partial charge in [0, 0.05) is 11.1 Å². The summed E-state index contributed by atoms with van der Waals surface area (Å²) in [6.07, 6.45) is 0. The normalized spacial score (nSPS) is 9.71. The van der Waals surface area contributed by atoms with Crippen LogP contribution in [0, 0.1) is 17.1 Å². The highest BCUT2D eigenvalue weighted by molar-refractivity contribution is 5.72. The van der Waals surface area contributed by atoms with Crippen LogP contribution in [0.5, 0.6) is 5.75 Å². The topological polar surface area (TPSA) is 33.0 Å². The van der Waals surface area contributed by atoms with E-state index in [-0.39, 0.29) is 5.82 Å². The van der Waals surface area contributed by atoms with Gasteiger partial charge in [-0.25, -0.2) is 4.39 Å². The van der Waals surface area contributed by atoms with Gasteiger partial charge in [-0.05, 0) is 24.3 Å². The van der Waals surface area contributed by atoms with E-state index in [0.717, 1.165) is 0 Å². The predicted octanol–water partition coefficient (Wildman–Crippen LogP) is 3.37. The predicted molar refractivity (Wildman–Crippen MR) is 63.1 cm³/mol. The van der Waals surface area contributed by atoms with Gasteiger partial charge in [-0.1, -0.05) is 18.2 Å². The number of hydrogen-bond donors (Lipinski definition) is 0. The Balaban J connectivity index is 2.66. The third kappa shape index (κ3) is 2.11. The highest BCUT2D eigenvalue weighted by Crippen LogP contribution is 2.29. The van der Waals surface area contributed by atoms with Gasteiger partial charge in [0.05, 0.1) is 18.7 Å². The second-order valence-corrected chi connectivity index (χ2v) is 3.50. The van der Waals surface area contributed by atoms with Gasteiger partial charge in [0.1, 0.15) is 11.6 Å². The first-order valence-electron chi connectivity index (χ1n) is 5.09. The van der Waals surface area contributed by atoms with Crippen LogP contribution >= 0.6 is 0 Å². The zero-order valence-electron chi connectivity index (χ0n) is 9.27. The van der Waals surface area contributed by atoms with Gasteiger partial charge in [-0.3, -0.25) is 0 Å². The maximum atomic E-state index is 13.7. The molecular formula is C14H10FNO. The largest absolute Gasteiger partial charge is 0.497 e. The van der Waals surface area contributed by atoms with Gasteiger partial charge in [0.25, 0.3) is 0 Å². The van der Waals surface area contributed by atoms with Crippen molar-refractivity contribution in [2.24, 2.45) is 0 Å². The maximum absolute atomic E-state index is 13.7. The second kappa shape index (κ2) is 4.67. The number of methoxy groups -OCH3 is 1. The molecule has 17 heavy (non-hydrogen) atoms. The molecule has 0 aromatic heterocycles. The number of halogens is 1. The fraction of sp³-hybridized carbons (Fsp3) is 0.0714. The minimum absolute atomic E-state index is 0.350. The molecule has 2 nitrogen and oxygen atoms in total. The Morgan fingerprint density at radius 1 is 1.12 bits per heavy atom. The number of benzene rings is 2. The Labute approximate surface area is 98.9 Å². The fourth-order valence-corrected chi connectivity index (χ4v) is 1.65. The molecule has 0 heterocycles. The molecule has 0 aliphatic rings. The van der Waals surface area contributed by atoms with E-state index >= 15 is 0 Å².